The standard InChI is InChI=1S/C19H20N2O5S/c1-25-17-3-2-4-18(11-17)26-10-9-21-19(22)14-27(23,24)13-16-7-5-15(12-20)6-8-16/h2-8,11H,9-10,13-14H2,1H3,(H,21,22). The second kappa shape index (κ2) is 9.59. The van der Waals surface area contributed by atoms with E-state index < -0.39 is 21.5 Å². The first-order valence-electron chi connectivity index (χ1n) is 8.15. The van der Waals surface area contributed by atoms with Crippen molar-refractivity contribution < 1.29 is 22.7 Å². The molecule has 2 aromatic carbocycles. The Morgan fingerprint density at radius 1 is 1.15 bits per heavy atom. The van der Waals surface area contributed by atoms with Crippen LogP contribution in [0.25, 0.3) is 0 Å². The number of ether oxygens (including phenoxy) is 2. The number of hydrogen-bond donors (Lipinski definition) is 1. The highest BCUT2D eigenvalue weighted by Gasteiger charge is 2.17. The Hall–Kier alpha value is -3.05. The predicted octanol–water partition coefficient (Wildman–Crippen LogP) is 1.68. The highest BCUT2D eigenvalue weighted by atomic mass is 32.2. The van der Waals surface area contributed by atoms with Gasteiger partial charge in [0.2, 0.25) is 5.91 Å². The summed E-state index contributed by atoms with van der Waals surface area (Å²) < 4.78 is 34.8. The number of hydrogen-bond acceptors (Lipinski definition) is 6. The molecule has 0 saturated heterocycles. The zero-order chi connectivity index (χ0) is 19.7. The Labute approximate surface area is 158 Å². The van der Waals surface area contributed by atoms with Crippen LogP contribution < -0.4 is 14.8 Å². The van der Waals surface area contributed by atoms with Crippen molar-refractivity contribution >= 4 is 15.7 Å². The topological polar surface area (TPSA) is 105 Å². The van der Waals surface area contributed by atoms with Crippen molar-refractivity contribution in [3.63, 3.8) is 0 Å². The first-order valence-corrected chi connectivity index (χ1v) is 9.97. The molecule has 142 valence electrons. The van der Waals surface area contributed by atoms with E-state index in [0.717, 1.165) is 0 Å². The fraction of sp³-hybridized carbons (Fsp3) is 0.263. The zero-order valence-electron chi connectivity index (χ0n) is 14.8. The summed E-state index contributed by atoms with van der Waals surface area (Å²) >= 11 is 0. The SMILES string of the molecule is COc1cccc(OCCNC(=O)CS(=O)(=O)Cc2ccc(C#N)cc2)c1. The van der Waals surface area contributed by atoms with Gasteiger partial charge in [-0.05, 0) is 29.8 Å². The second-order valence-electron chi connectivity index (χ2n) is 5.72. The minimum absolute atomic E-state index is 0.183. The van der Waals surface area contributed by atoms with Crippen molar-refractivity contribution in [1.29, 1.82) is 5.26 Å². The molecule has 0 spiro atoms. The van der Waals surface area contributed by atoms with E-state index in [4.69, 9.17) is 14.7 Å². The summed E-state index contributed by atoms with van der Waals surface area (Å²) in [4.78, 5) is 11.9. The van der Waals surface area contributed by atoms with Gasteiger partial charge in [0.1, 0.15) is 23.9 Å². The van der Waals surface area contributed by atoms with Gasteiger partial charge in [0.25, 0.3) is 0 Å². The third-order valence-corrected chi connectivity index (χ3v) is 5.03. The third kappa shape index (κ3) is 6.99. The molecule has 1 N–H and O–H groups in total. The first kappa shape index (κ1) is 20.3. The van der Waals surface area contributed by atoms with Crippen LogP contribution in [-0.4, -0.2) is 40.3 Å². The number of benzene rings is 2. The first-order chi connectivity index (χ1) is 12.9. The summed E-state index contributed by atoms with van der Waals surface area (Å²) in [6.07, 6.45) is 0. The molecular formula is C19H20N2O5S. The summed E-state index contributed by atoms with van der Waals surface area (Å²) in [6, 6.07) is 15.2. The van der Waals surface area contributed by atoms with Crippen LogP contribution in [0.1, 0.15) is 11.1 Å². The maximum absolute atomic E-state index is 12.1. The van der Waals surface area contributed by atoms with Crippen molar-refractivity contribution in [3.8, 4) is 17.6 Å². The Balaban J connectivity index is 1.75. The van der Waals surface area contributed by atoms with E-state index in [0.29, 0.717) is 22.6 Å². The van der Waals surface area contributed by atoms with Crippen LogP contribution in [0.2, 0.25) is 0 Å². The number of nitrogens with zero attached hydrogens (tertiary/aromatic N) is 1. The summed E-state index contributed by atoms with van der Waals surface area (Å²) in [5.41, 5.74) is 0.980. The Morgan fingerprint density at radius 3 is 2.52 bits per heavy atom. The lowest BCUT2D eigenvalue weighted by Crippen LogP contribution is -2.33. The normalized spacial score (nSPS) is 10.7. The molecule has 2 aromatic rings. The van der Waals surface area contributed by atoms with Gasteiger partial charge in [-0.1, -0.05) is 18.2 Å². The predicted molar refractivity (Wildman–Crippen MR) is 100 cm³/mol. The molecular weight excluding hydrogens is 368 g/mol. The van der Waals surface area contributed by atoms with Crippen molar-refractivity contribution in [2.45, 2.75) is 5.75 Å². The van der Waals surface area contributed by atoms with Crippen molar-refractivity contribution in [2.75, 3.05) is 26.0 Å². The summed E-state index contributed by atoms with van der Waals surface area (Å²) in [7, 11) is -2.05. The van der Waals surface area contributed by atoms with E-state index in [1.54, 1.807) is 55.6 Å². The Bertz CT molecular complexity index is 918. The largest absolute Gasteiger partial charge is 0.497 e. The molecule has 0 radical (unpaired) electrons. The highest BCUT2D eigenvalue weighted by molar-refractivity contribution is 7.91. The number of sulfone groups is 1. The number of rotatable bonds is 9. The van der Waals surface area contributed by atoms with E-state index in [-0.39, 0.29) is 18.9 Å². The van der Waals surface area contributed by atoms with Crippen LogP contribution in [0.5, 0.6) is 11.5 Å². The fourth-order valence-electron chi connectivity index (χ4n) is 2.28. The third-order valence-electron chi connectivity index (χ3n) is 3.55. The molecule has 0 heterocycles. The van der Waals surface area contributed by atoms with Gasteiger partial charge in [0, 0.05) is 6.07 Å². The van der Waals surface area contributed by atoms with Crippen LogP contribution in [0.3, 0.4) is 0 Å². The Morgan fingerprint density at radius 2 is 1.85 bits per heavy atom. The Kier molecular flexibility index (Phi) is 7.20. The molecule has 0 saturated carbocycles. The lowest BCUT2D eigenvalue weighted by atomic mass is 10.2. The summed E-state index contributed by atoms with van der Waals surface area (Å²) in [5, 5.41) is 11.3. The average molecular weight is 388 g/mol. The van der Waals surface area contributed by atoms with Gasteiger partial charge in [-0.3, -0.25) is 4.79 Å². The molecule has 0 aliphatic heterocycles. The van der Waals surface area contributed by atoms with Crippen LogP contribution in [0, 0.1) is 11.3 Å². The second-order valence-corrected chi connectivity index (χ2v) is 7.78. The van der Waals surface area contributed by atoms with E-state index in [9.17, 15) is 13.2 Å². The molecule has 0 unspecified atom stereocenters. The van der Waals surface area contributed by atoms with Crippen LogP contribution in [0.15, 0.2) is 48.5 Å². The van der Waals surface area contributed by atoms with E-state index in [2.05, 4.69) is 5.32 Å². The zero-order valence-corrected chi connectivity index (χ0v) is 15.7. The molecule has 0 fully saturated rings. The smallest absolute Gasteiger partial charge is 0.235 e. The lowest BCUT2D eigenvalue weighted by Gasteiger charge is -2.09. The van der Waals surface area contributed by atoms with E-state index in [1.165, 1.54) is 0 Å². The van der Waals surface area contributed by atoms with Gasteiger partial charge < -0.3 is 14.8 Å². The maximum atomic E-state index is 12.1. The van der Waals surface area contributed by atoms with Gasteiger partial charge in [-0.25, -0.2) is 8.42 Å². The molecule has 0 atom stereocenters. The van der Waals surface area contributed by atoms with Crippen LogP contribution in [0.4, 0.5) is 0 Å². The summed E-state index contributed by atoms with van der Waals surface area (Å²) in [6.45, 7) is 0.386. The quantitative estimate of drug-likeness (QED) is 0.655. The van der Waals surface area contributed by atoms with Gasteiger partial charge in [0.15, 0.2) is 9.84 Å². The van der Waals surface area contributed by atoms with Crippen molar-refractivity contribution in [1.82, 2.24) is 5.32 Å². The highest BCUT2D eigenvalue weighted by Crippen LogP contribution is 2.18. The van der Waals surface area contributed by atoms with Crippen molar-refractivity contribution in [2.24, 2.45) is 0 Å². The molecule has 1 amide bonds. The van der Waals surface area contributed by atoms with E-state index in [1.807, 2.05) is 6.07 Å². The molecule has 27 heavy (non-hydrogen) atoms. The van der Waals surface area contributed by atoms with Gasteiger partial charge in [-0.2, -0.15) is 5.26 Å². The van der Waals surface area contributed by atoms with Crippen molar-refractivity contribution in [3.05, 3.63) is 59.7 Å². The minimum atomic E-state index is -3.60. The average Bonchev–Trinajstić information content (AvgIpc) is 2.65. The van der Waals surface area contributed by atoms with Crippen LogP contribution in [-0.2, 0) is 20.4 Å². The number of carbonyl (C=O) groups is 1. The van der Waals surface area contributed by atoms with Gasteiger partial charge in [-0.15, -0.1) is 0 Å². The fourth-order valence-corrected chi connectivity index (χ4v) is 3.59. The van der Waals surface area contributed by atoms with E-state index >= 15 is 0 Å². The number of methoxy groups -OCH3 is 1. The number of amides is 1. The van der Waals surface area contributed by atoms with Crippen LogP contribution >= 0.6 is 0 Å². The summed E-state index contributed by atoms with van der Waals surface area (Å²) in [5.74, 6) is -0.196. The lowest BCUT2D eigenvalue weighted by molar-refractivity contribution is -0.118. The monoisotopic (exact) mass is 388 g/mol. The van der Waals surface area contributed by atoms with Gasteiger partial charge in [0.05, 0.1) is 31.0 Å². The molecule has 0 aliphatic rings. The maximum Gasteiger partial charge on any atom is 0.235 e. The molecule has 0 aromatic heterocycles. The molecule has 8 heteroatoms. The number of nitriles is 1. The number of nitrogens with one attached hydrogen (secondary N) is 1. The molecule has 0 bridgehead atoms. The number of carbonyl (C=O) groups excluding carboxylic acids is 1. The molecule has 0 aliphatic carbocycles. The van der Waals surface area contributed by atoms with Gasteiger partial charge >= 0.3 is 0 Å². The molecule has 7 nitrogen and oxygen atoms in total. The minimum Gasteiger partial charge on any atom is -0.497 e. The molecule has 2 rings (SSSR count).